The third kappa shape index (κ3) is 3.06. The molecule has 0 aromatic rings. The van der Waals surface area contributed by atoms with Gasteiger partial charge >= 0.3 is 17.9 Å². The molecule has 0 radical (unpaired) electrons. The van der Waals surface area contributed by atoms with E-state index in [4.69, 9.17) is 14.6 Å². The first kappa shape index (κ1) is 18.4. The molecule has 5 atom stereocenters. The van der Waals surface area contributed by atoms with Crippen LogP contribution in [0.5, 0.6) is 0 Å². The van der Waals surface area contributed by atoms with Crippen molar-refractivity contribution in [1.82, 2.24) is 0 Å². The second-order valence-electron chi connectivity index (χ2n) is 7.32. The maximum Gasteiger partial charge on any atom is 0.309 e. The number of hydrogen-bond acceptors (Lipinski definition) is 6. The van der Waals surface area contributed by atoms with Gasteiger partial charge in [-0.2, -0.15) is 0 Å². The van der Waals surface area contributed by atoms with Gasteiger partial charge in [0.2, 0.25) is 0 Å². The van der Waals surface area contributed by atoms with Crippen LogP contribution < -0.4 is 0 Å². The number of esters is 2. The Kier molecular flexibility index (Phi) is 4.73. The molecule has 0 saturated carbocycles. The number of rotatable bonds is 4. The molecule has 3 aliphatic rings. The van der Waals surface area contributed by atoms with E-state index in [1.165, 1.54) is 0 Å². The van der Waals surface area contributed by atoms with Gasteiger partial charge in [0.15, 0.2) is 5.78 Å². The minimum Gasteiger partial charge on any atom is -0.481 e. The lowest BCUT2D eigenvalue weighted by Crippen LogP contribution is -2.38. The third-order valence-electron chi connectivity index (χ3n) is 5.56. The Morgan fingerprint density at radius 1 is 1.27 bits per heavy atom. The van der Waals surface area contributed by atoms with Crippen LogP contribution in [0.25, 0.3) is 0 Å². The van der Waals surface area contributed by atoms with Crippen molar-refractivity contribution in [2.75, 3.05) is 0 Å². The molecule has 1 N–H and O–H groups in total. The fourth-order valence-electron chi connectivity index (χ4n) is 4.34. The van der Waals surface area contributed by atoms with E-state index in [9.17, 15) is 19.2 Å². The highest BCUT2D eigenvalue weighted by Gasteiger charge is 2.55. The van der Waals surface area contributed by atoms with Crippen LogP contribution in [0.4, 0.5) is 0 Å². The van der Waals surface area contributed by atoms with E-state index in [0.29, 0.717) is 12.0 Å². The molecule has 3 rings (SSSR count). The molecule has 26 heavy (non-hydrogen) atoms. The van der Waals surface area contributed by atoms with Crippen molar-refractivity contribution < 1.29 is 33.8 Å². The third-order valence-corrected chi connectivity index (χ3v) is 5.56. The Bertz CT molecular complexity index is 745. The lowest BCUT2D eigenvalue weighted by Gasteiger charge is -2.29. The topological polar surface area (TPSA) is 107 Å². The largest absolute Gasteiger partial charge is 0.481 e. The molecule has 1 aliphatic heterocycles. The summed E-state index contributed by atoms with van der Waals surface area (Å²) in [6, 6.07) is 0. The van der Waals surface area contributed by atoms with Crippen molar-refractivity contribution in [2.24, 2.45) is 17.8 Å². The molecule has 0 aromatic heterocycles. The van der Waals surface area contributed by atoms with E-state index in [1.807, 2.05) is 13.8 Å². The predicted octanol–water partition coefficient (Wildman–Crippen LogP) is 1.81. The number of carboxylic acids is 1. The second-order valence-corrected chi connectivity index (χ2v) is 7.32. The van der Waals surface area contributed by atoms with Crippen molar-refractivity contribution >= 4 is 23.7 Å². The molecule has 7 nitrogen and oxygen atoms in total. The highest BCUT2D eigenvalue weighted by atomic mass is 16.6. The summed E-state index contributed by atoms with van der Waals surface area (Å²) in [5, 5.41) is 8.73. The first-order valence-electron chi connectivity index (χ1n) is 8.74. The van der Waals surface area contributed by atoms with Crippen molar-refractivity contribution in [3.05, 3.63) is 22.8 Å². The molecular weight excluding hydrogens is 340 g/mol. The van der Waals surface area contributed by atoms with E-state index in [1.54, 1.807) is 13.0 Å². The van der Waals surface area contributed by atoms with Crippen LogP contribution in [0.1, 0.15) is 40.0 Å². The number of allylic oxidation sites excluding steroid dienone is 1. The Hall–Kier alpha value is -2.44. The predicted molar refractivity (Wildman–Crippen MR) is 88.9 cm³/mol. The number of ether oxygens (including phenoxy) is 2. The fraction of sp³-hybridized carbons (Fsp3) is 0.579. The summed E-state index contributed by atoms with van der Waals surface area (Å²) >= 11 is 0. The summed E-state index contributed by atoms with van der Waals surface area (Å²) in [7, 11) is 0. The van der Waals surface area contributed by atoms with Gasteiger partial charge in [-0.3, -0.25) is 19.2 Å². The Labute approximate surface area is 151 Å². The van der Waals surface area contributed by atoms with Gasteiger partial charge in [0, 0.05) is 23.8 Å². The van der Waals surface area contributed by atoms with Crippen molar-refractivity contribution in [2.45, 2.75) is 52.2 Å². The molecule has 1 unspecified atom stereocenters. The van der Waals surface area contributed by atoms with Gasteiger partial charge in [-0.05, 0) is 19.9 Å². The maximum atomic E-state index is 12.4. The molecule has 140 valence electrons. The van der Waals surface area contributed by atoms with Crippen molar-refractivity contribution in [3.63, 3.8) is 0 Å². The highest BCUT2D eigenvalue weighted by Crippen LogP contribution is 2.48. The molecule has 1 heterocycles. The van der Waals surface area contributed by atoms with E-state index < -0.39 is 30.1 Å². The van der Waals surface area contributed by atoms with E-state index in [2.05, 4.69) is 0 Å². The quantitative estimate of drug-likeness (QED) is 0.760. The first-order valence-corrected chi connectivity index (χ1v) is 8.74. The van der Waals surface area contributed by atoms with Crippen LogP contribution >= 0.6 is 0 Å². The minimum atomic E-state index is -1.08. The number of fused-ring (bicyclic) bond motifs is 3. The summed E-state index contributed by atoms with van der Waals surface area (Å²) in [5.74, 6) is -3.28. The summed E-state index contributed by atoms with van der Waals surface area (Å²) in [4.78, 5) is 47.3. The monoisotopic (exact) mass is 362 g/mol. The molecule has 0 aromatic carbocycles. The van der Waals surface area contributed by atoms with Gasteiger partial charge in [-0.1, -0.05) is 18.1 Å². The molecule has 1 saturated heterocycles. The lowest BCUT2D eigenvalue weighted by atomic mass is 9.79. The second kappa shape index (κ2) is 6.70. The average molecular weight is 362 g/mol. The zero-order chi connectivity index (χ0) is 19.2. The van der Waals surface area contributed by atoms with Gasteiger partial charge in [-0.25, -0.2) is 0 Å². The normalized spacial score (nSPS) is 33.2. The van der Waals surface area contributed by atoms with Crippen LogP contribution in [0.15, 0.2) is 22.8 Å². The number of hydrogen-bond donors (Lipinski definition) is 1. The van der Waals surface area contributed by atoms with Crippen LogP contribution in [0.3, 0.4) is 0 Å². The van der Waals surface area contributed by atoms with Gasteiger partial charge in [0.25, 0.3) is 0 Å². The molecule has 0 bridgehead atoms. The van der Waals surface area contributed by atoms with Crippen LogP contribution in [-0.4, -0.2) is 41.0 Å². The van der Waals surface area contributed by atoms with Gasteiger partial charge in [-0.15, -0.1) is 0 Å². The fourth-order valence-corrected chi connectivity index (χ4v) is 4.34. The minimum absolute atomic E-state index is 0.0859. The number of carbonyl (C=O) groups excluding carboxylic acids is 3. The number of carbonyl (C=O) groups is 4. The van der Waals surface area contributed by atoms with E-state index in [-0.39, 0.29) is 36.4 Å². The van der Waals surface area contributed by atoms with Gasteiger partial charge in [0.05, 0.1) is 18.8 Å². The number of ketones is 1. The summed E-state index contributed by atoms with van der Waals surface area (Å²) in [6.45, 7) is 5.41. The maximum absolute atomic E-state index is 12.4. The molecule has 0 spiro atoms. The van der Waals surface area contributed by atoms with Crippen LogP contribution in [0, 0.1) is 17.8 Å². The molecule has 1 fully saturated rings. The standard InChI is InChI=1S/C19H22O7/c1-8-6-11(20)15-9(2)7-12(25-14(23)5-4-13(21)22)17-10(3)19(24)26-18(17)16(8)15/h6,10,12,16-18H,4-5,7H2,1-3H3,(H,21,22)/t10-,12-,16-,17?,18+/m0/s1. The van der Waals surface area contributed by atoms with Crippen LogP contribution in [0.2, 0.25) is 0 Å². The van der Waals surface area contributed by atoms with Crippen molar-refractivity contribution in [3.8, 4) is 0 Å². The first-order chi connectivity index (χ1) is 12.2. The average Bonchev–Trinajstić information content (AvgIpc) is 2.95. The molecule has 0 amide bonds. The summed E-state index contributed by atoms with van der Waals surface area (Å²) < 4.78 is 11.2. The Morgan fingerprint density at radius 2 is 1.96 bits per heavy atom. The highest BCUT2D eigenvalue weighted by molar-refractivity contribution is 6.09. The van der Waals surface area contributed by atoms with Gasteiger partial charge < -0.3 is 14.6 Å². The zero-order valence-corrected chi connectivity index (χ0v) is 15.0. The van der Waals surface area contributed by atoms with Crippen LogP contribution in [-0.2, 0) is 28.7 Å². The van der Waals surface area contributed by atoms with E-state index in [0.717, 1.165) is 11.1 Å². The lowest BCUT2D eigenvalue weighted by molar-refractivity contribution is -0.156. The van der Waals surface area contributed by atoms with Gasteiger partial charge in [0.1, 0.15) is 12.2 Å². The summed E-state index contributed by atoms with van der Waals surface area (Å²) in [5.41, 5.74) is 2.30. The molecular formula is C19H22O7. The molecule has 2 aliphatic carbocycles. The Balaban J connectivity index is 1.91. The van der Waals surface area contributed by atoms with Crippen molar-refractivity contribution in [1.29, 1.82) is 0 Å². The molecule has 7 heteroatoms. The summed E-state index contributed by atoms with van der Waals surface area (Å²) in [6.07, 6.45) is 0.194. The number of aliphatic carboxylic acids is 1. The smallest absolute Gasteiger partial charge is 0.309 e. The van der Waals surface area contributed by atoms with E-state index >= 15 is 0 Å². The Morgan fingerprint density at radius 3 is 2.62 bits per heavy atom. The zero-order valence-electron chi connectivity index (χ0n) is 15.0. The SMILES string of the molecule is CC1=CC(=O)C2=C(C)C[C@H](OC(=O)CCC(=O)O)C3[C@H](C)C(=O)O[C@@H]3[C@@H]12. The number of carboxylic acid groups (broad SMARTS) is 1.